The second kappa shape index (κ2) is 5.89. The van der Waals surface area contributed by atoms with Crippen molar-refractivity contribution in [3.05, 3.63) is 42.7 Å². The third-order valence-corrected chi connectivity index (χ3v) is 3.69. The highest BCUT2D eigenvalue weighted by atomic mass is 15.3. The molecule has 0 spiro atoms. The molecule has 0 amide bonds. The van der Waals surface area contributed by atoms with Crippen molar-refractivity contribution in [1.82, 2.24) is 15.1 Å². The largest absolute Gasteiger partial charge is 0.385 e. The first-order valence-corrected chi connectivity index (χ1v) is 6.96. The highest BCUT2D eigenvalue weighted by Gasteiger charge is 2.12. The first kappa shape index (κ1) is 12.2. The van der Waals surface area contributed by atoms with Crippen LogP contribution in [0.15, 0.2) is 42.7 Å². The molecule has 2 aromatic rings. The van der Waals surface area contributed by atoms with Crippen molar-refractivity contribution in [2.75, 3.05) is 25.0 Å². The van der Waals surface area contributed by atoms with Crippen LogP contribution in [0.5, 0.6) is 0 Å². The second-order valence-corrected chi connectivity index (χ2v) is 5.07. The van der Waals surface area contributed by atoms with E-state index in [0.717, 1.165) is 31.2 Å². The molecule has 1 fully saturated rings. The molecule has 0 atom stereocenters. The van der Waals surface area contributed by atoms with Gasteiger partial charge in [-0.15, -0.1) is 0 Å². The maximum absolute atomic E-state index is 4.22. The summed E-state index contributed by atoms with van der Waals surface area (Å²) < 4.78 is 1.87. The van der Waals surface area contributed by atoms with Gasteiger partial charge in [-0.1, -0.05) is 0 Å². The van der Waals surface area contributed by atoms with Crippen molar-refractivity contribution in [3.8, 4) is 5.69 Å². The number of hydrogen-bond donors (Lipinski definition) is 2. The monoisotopic (exact) mass is 256 g/mol. The summed E-state index contributed by atoms with van der Waals surface area (Å²) in [6.07, 6.45) is 6.30. The Labute approximate surface area is 113 Å². The fourth-order valence-electron chi connectivity index (χ4n) is 2.50. The summed E-state index contributed by atoms with van der Waals surface area (Å²) in [5.74, 6) is 0.798. The summed E-state index contributed by atoms with van der Waals surface area (Å²) in [5.41, 5.74) is 2.28. The third kappa shape index (κ3) is 3.15. The number of rotatable bonds is 4. The zero-order valence-corrected chi connectivity index (χ0v) is 11.0. The molecule has 1 saturated heterocycles. The standard InChI is InChI=1S/C15H20N4/c1-8-18-19(11-1)15-4-2-14(3-5-15)17-12-13-6-9-16-10-7-13/h1-5,8,11,13,16-17H,6-7,9-10,12H2. The molecule has 2 heterocycles. The predicted octanol–water partition coefficient (Wildman–Crippen LogP) is 2.28. The molecule has 0 radical (unpaired) electrons. The highest BCUT2D eigenvalue weighted by molar-refractivity contribution is 5.48. The number of anilines is 1. The highest BCUT2D eigenvalue weighted by Crippen LogP contribution is 2.16. The molecular formula is C15H20N4. The lowest BCUT2D eigenvalue weighted by atomic mass is 9.98. The van der Waals surface area contributed by atoms with E-state index in [4.69, 9.17) is 0 Å². The molecule has 0 aliphatic carbocycles. The van der Waals surface area contributed by atoms with Crippen molar-refractivity contribution < 1.29 is 0 Å². The fourth-order valence-corrected chi connectivity index (χ4v) is 2.50. The normalized spacial score (nSPS) is 16.4. The van der Waals surface area contributed by atoms with Crippen LogP contribution in [0.25, 0.3) is 5.69 Å². The van der Waals surface area contributed by atoms with Gasteiger partial charge in [0.25, 0.3) is 0 Å². The fraction of sp³-hybridized carbons (Fsp3) is 0.400. The minimum absolute atomic E-state index is 0.798. The molecule has 0 bridgehead atoms. The predicted molar refractivity (Wildman–Crippen MR) is 77.6 cm³/mol. The van der Waals surface area contributed by atoms with Crippen LogP contribution in [-0.4, -0.2) is 29.4 Å². The quantitative estimate of drug-likeness (QED) is 0.882. The smallest absolute Gasteiger partial charge is 0.0647 e. The van der Waals surface area contributed by atoms with Gasteiger partial charge in [0.2, 0.25) is 0 Å². The van der Waals surface area contributed by atoms with Crippen LogP contribution in [-0.2, 0) is 0 Å². The summed E-state index contributed by atoms with van der Waals surface area (Å²) in [6, 6.07) is 10.4. The Kier molecular flexibility index (Phi) is 3.79. The van der Waals surface area contributed by atoms with E-state index in [9.17, 15) is 0 Å². The zero-order valence-electron chi connectivity index (χ0n) is 11.0. The van der Waals surface area contributed by atoms with Gasteiger partial charge in [0.05, 0.1) is 5.69 Å². The summed E-state index contributed by atoms with van der Waals surface area (Å²) in [5, 5.41) is 11.2. The molecule has 0 saturated carbocycles. The van der Waals surface area contributed by atoms with Crippen LogP contribution in [0, 0.1) is 5.92 Å². The Balaban J connectivity index is 1.57. The molecule has 4 nitrogen and oxygen atoms in total. The van der Waals surface area contributed by atoms with E-state index >= 15 is 0 Å². The van der Waals surface area contributed by atoms with Crippen LogP contribution >= 0.6 is 0 Å². The summed E-state index contributed by atoms with van der Waals surface area (Å²) >= 11 is 0. The van der Waals surface area contributed by atoms with E-state index in [1.807, 2.05) is 16.9 Å². The van der Waals surface area contributed by atoms with E-state index in [1.54, 1.807) is 6.20 Å². The van der Waals surface area contributed by atoms with Crippen molar-refractivity contribution in [2.24, 2.45) is 5.92 Å². The van der Waals surface area contributed by atoms with Gasteiger partial charge in [-0.25, -0.2) is 4.68 Å². The lowest BCUT2D eigenvalue weighted by Crippen LogP contribution is -2.31. The Bertz CT molecular complexity index is 483. The Morgan fingerprint density at radius 2 is 2.00 bits per heavy atom. The van der Waals surface area contributed by atoms with E-state index in [0.29, 0.717) is 0 Å². The Morgan fingerprint density at radius 3 is 2.68 bits per heavy atom. The minimum atomic E-state index is 0.798. The molecule has 1 aliphatic heterocycles. The minimum Gasteiger partial charge on any atom is -0.385 e. The topological polar surface area (TPSA) is 41.9 Å². The number of nitrogens with one attached hydrogen (secondary N) is 2. The van der Waals surface area contributed by atoms with Crippen LogP contribution in [0.3, 0.4) is 0 Å². The molecule has 1 aliphatic rings. The Hall–Kier alpha value is -1.81. The third-order valence-electron chi connectivity index (χ3n) is 3.69. The number of nitrogens with zero attached hydrogens (tertiary/aromatic N) is 2. The van der Waals surface area contributed by atoms with E-state index < -0.39 is 0 Å². The maximum Gasteiger partial charge on any atom is 0.0647 e. The van der Waals surface area contributed by atoms with Gasteiger partial charge in [0, 0.05) is 24.6 Å². The SMILES string of the molecule is c1cnn(-c2ccc(NCC3CCNCC3)cc2)c1. The van der Waals surface area contributed by atoms with Gasteiger partial charge < -0.3 is 10.6 Å². The number of piperidine rings is 1. The first-order valence-electron chi connectivity index (χ1n) is 6.96. The summed E-state index contributed by atoms with van der Waals surface area (Å²) in [4.78, 5) is 0. The maximum atomic E-state index is 4.22. The molecule has 2 N–H and O–H groups in total. The molecular weight excluding hydrogens is 236 g/mol. The Morgan fingerprint density at radius 1 is 1.21 bits per heavy atom. The van der Waals surface area contributed by atoms with E-state index in [2.05, 4.69) is 40.0 Å². The van der Waals surface area contributed by atoms with Gasteiger partial charge >= 0.3 is 0 Å². The summed E-state index contributed by atoms with van der Waals surface area (Å²) in [6.45, 7) is 3.39. The van der Waals surface area contributed by atoms with Gasteiger partial charge in [-0.3, -0.25) is 0 Å². The lowest BCUT2D eigenvalue weighted by Gasteiger charge is -2.23. The van der Waals surface area contributed by atoms with Crippen LogP contribution < -0.4 is 10.6 Å². The number of benzene rings is 1. The average molecular weight is 256 g/mol. The summed E-state index contributed by atoms with van der Waals surface area (Å²) in [7, 11) is 0. The van der Waals surface area contributed by atoms with Gasteiger partial charge in [0.1, 0.15) is 0 Å². The van der Waals surface area contributed by atoms with Gasteiger partial charge in [0.15, 0.2) is 0 Å². The van der Waals surface area contributed by atoms with Gasteiger partial charge in [-0.2, -0.15) is 5.10 Å². The first-order chi connectivity index (χ1) is 9.42. The lowest BCUT2D eigenvalue weighted by molar-refractivity contribution is 0.390. The van der Waals surface area contributed by atoms with Crippen LogP contribution in [0.1, 0.15) is 12.8 Å². The number of hydrogen-bond acceptors (Lipinski definition) is 3. The number of aromatic nitrogens is 2. The van der Waals surface area contributed by atoms with Crippen molar-refractivity contribution in [2.45, 2.75) is 12.8 Å². The van der Waals surface area contributed by atoms with Crippen molar-refractivity contribution >= 4 is 5.69 Å². The van der Waals surface area contributed by atoms with Crippen LogP contribution in [0.4, 0.5) is 5.69 Å². The molecule has 1 aromatic carbocycles. The molecule has 4 heteroatoms. The molecule has 0 unspecified atom stereocenters. The molecule has 1 aromatic heterocycles. The van der Waals surface area contributed by atoms with Crippen LogP contribution in [0.2, 0.25) is 0 Å². The molecule has 100 valence electrons. The average Bonchev–Trinajstić information content (AvgIpc) is 3.01. The van der Waals surface area contributed by atoms with E-state index in [1.165, 1.54) is 18.5 Å². The van der Waals surface area contributed by atoms with E-state index in [-0.39, 0.29) is 0 Å². The second-order valence-electron chi connectivity index (χ2n) is 5.07. The van der Waals surface area contributed by atoms with Crippen molar-refractivity contribution in [1.29, 1.82) is 0 Å². The van der Waals surface area contributed by atoms with Crippen molar-refractivity contribution in [3.63, 3.8) is 0 Å². The zero-order chi connectivity index (χ0) is 12.9. The molecule has 3 rings (SSSR count). The molecule has 19 heavy (non-hydrogen) atoms. The van der Waals surface area contributed by atoms with Gasteiger partial charge in [-0.05, 0) is 62.2 Å².